The number of carbonyl (C=O) groups is 3. The van der Waals surface area contributed by atoms with Crippen LogP contribution in [0.1, 0.15) is 23.7 Å². The van der Waals surface area contributed by atoms with Crippen LogP contribution in [-0.2, 0) is 9.59 Å². The minimum atomic E-state index is -0.491. The highest BCUT2D eigenvalue weighted by Gasteiger charge is 2.44. The first-order valence-corrected chi connectivity index (χ1v) is 10.5. The first-order valence-electron chi connectivity index (χ1n) is 9.77. The van der Waals surface area contributed by atoms with Gasteiger partial charge in [-0.25, -0.2) is 4.90 Å². The minimum Gasteiger partial charge on any atom is -0.369 e. The van der Waals surface area contributed by atoms with Crippen LogP contribution in [0.5, 0.6) is 0 Å². The molecule has 2 fully saturated rings. The van der Waals surface area contributed by atoms with Crippen molar-refractivity contribution in [1.82, 2.24) is 4.90 Å². The number of halogens is 2. The van der Waals surface area contributed by atoms with Crippen molar-refractivity contribution in [2.75, 3.05) is 36.0 Å². The number of ketones is 1. The number of amides is 2. The molecule has 4 rings (SSSR count). The molecule has 0 N–H and O–H groups in total. The molecule has 2 saturated heterocycles. The molecule has 2 aromatic rings. The van der Waals surface area contributed by atoms with Crippen LogP contribution < -0.4 is 9.80 Å². The lowest BCUT2D eigenvalue weighted by Gasteiger charge is -2.38. The average Bonchev–Trinajstić information content (AvgIpc) is 3.04. The maximum atomic E-state index is 13.0. The summed E-state index contributed by atoms with van der Waals surface area (Å²) in [7, 11) is 0. The van der Waals surface area contributed by atoms with Crippen LogP contribution in [0.15, 0.2) is 42.5 Å². The molecule has 0 unspecified atom stereocenters. The Labute approximate surface area is 184 Å². The highest BCUT2D eigenvalue weighted by atomic mass is 35.5. The molecule has 2 heterocycles. The van der Waals surface area contributed by atoms with Crippen molar-refractivity contribution in [3.8, 4) is 0 Å². The number of imide groups is 1. The Morgan fingerprint density at radius 3 is 2.27 bits per heavy atom. The van der Waals surface area contributed by atoms with Crippen molar-refractivity contribution in [2.45, 2.75) is 19.4 Å². The SMILES string of the molecule is CC(=O)c1ccc(N2CCN([C@H]3CC(=O)N(c4cccc(Cl)c4Cl)C3=O)CC2)cc1. The first kappa shape index (κ1) is 20.8. The first-order chi connectivity index (χ1) is 14.4. The Hall–Kier alpha value is -2.41. The molecule has 2 aliphatic heterocycles. The molecular weight excluding hydrogens is 425 g/mol. The number of Topliss-reactive ketones (excluding diaryl/α,β-unsaturated/α-hetero) is 1. The third-order valence-corrected chi connectivity index (χ3v) is 6.50. The van der Waals surface area contributed by atoms with Crippen LogP contribution in [-0.4, -0.2) is 54.7 Å². The Balaban J connectivity index is 1.44. The maximum Gasteiger partial charge on any atom is 0.251 e. The normalized spacial score (nSPS) is 20.2. The summed E-state index contributed by atoms with van der Waals surface area (Å²) < 4.78 is 0. The van der Waals surface area contributed by atoms with Gasteiger partial charge in [-0.2, -0.15) is 0 Å². The third-order valence-electron chi connectivity index (χ3n) is 5.69. The summed E-state index contributed by atoms with van der Waals surface area (Å²) in [4.78, 5) is 42.5. The zero-order valence-corrected chi connectivity index (χ0v) is 18.0. The van der Waals surface area contributed by atoms with Gasteiger partial charge in [0.1, 0.15) is 0 Å². The molecule has 0 aliphatic carbocycles. The van der Waals surface area contributed by atoms with E-state index in [-0.39, 0.29) is 29.0 Å². The van der Waals surface area contributed by atoms with Crippen LogP contribution in [0.25, 0.3) is 0 Å². The average molecular weight is 446 g/mol. The number of benzene rings is 2. The lowest BCUT2D eigenvalue weighted by atomic mass is 10.1. The Morgan fingerprint density at radius 2 is 1.63 bits per heavy atom. The molecule has 0 radical (unpaired) electrons. The van der Waals surface area contributed by atoms with Gasteiger partial charge in [0.15, 0.2) is 5.78 Å². The smallest absolute Gasteiger partial charge is 0.251 e. The summed E-state index contributed by atoms with van der Waals surface area (Å²) >= 11 is 12.3. The molecule has 8 heteroatoms. The van der Waals surface area contributed by atoms with Crippen LogP contribution >= 0.6 is 23.2 Å². The monoisotopic (exact) mass is 445 g/mol. The van der Waals surface area contributed by atoms with Gasteiger partial charge in [-0.15, -0.1) is 0 Å². The van der Waals surface area contributed by atoms with Gasteiger partial charge in [-0.3, -0.25) is 19.3 Å². The summed E-state index contributed by atoms with van der Waals surface area (Å²) in [6.45, 7) is 4.34. The fourth-order valence-electron chi connectivity index (χ4n) is 4.02. The van der Waals surface area contributed by atoms with E-state index in [2.05, 4.69) is 9.80 Å². The van der Waals surface area contributed by atoms with E-state index in [1.54, 1.807) is 25.1 Å². The van der Waals surface area contributed by atoms with Crippen molar-refractivity contribution < 1.29 is 14.4 Å². The second-order valence-corrected chi connectivity index (χ2v) is 8.27. The van der Waals surface area contributed by atoms with Crippen LogP contribution in [0.3, 0.4) is 0 Å². The summed E-state index contributed by atoms with van der Waals surface area (Å²) in [5, 5.41) is 0.517. The van der Waals surface area contributed by atoms with Gasteiger partial charge >= 0.3 is 0 Å². The van der Waals surface area contributed by atoms with Gasteiger partial charge < -0.3 is 4.90 Å². The van der Waals surface area contributed by atoms with Crippen LogP contribution in [0, 0.1) is 0 Å². The van der Waals surface area contributed by atoms with Crippen LogP contribution in [0.2, 0.25) is 10.0 Å². The lowest BCUT2D eigenvalue weighted by Crippen LogP contribution is -2.52. The fourth-order valence-corrected chi connectivity index (χ4v) is 4.40. The number of anilines is 2. The van der Waals surface area contributed by atoms with E-state index >= 15 is 0 Å². The molecule has 2 aliphatic rings. The quantitative estimate of drug-likeness (QED) is 0.530. The summed E-state index contributed by atoms with van der Waals surface area (Å²) in [5.41, 5.74) is 2.07. The maximum absolute atomic E-state index is 13.0. The highest BCUT2D eigenvalue weighted by molar-refractivity contribution is 6.44. The number of hydrogen-bond donors (Lipinski definition) is 0. The number of hydrogen-bond acceptors (Lipinski definition) is 5. The molecule has 6 nitrogen and oxygen atoms in total. The van der Waals surface area contributed by atoms with Crippen molar-refractivity contribution >= 4 is 52.2 Å². The summed E-state index contributed by atoms with van der Waals surface area (Å²) in [6.07, 6.45) is 0.134. The van der Waals surface area contributed by atoms with E-state index in [0.717, 1.165) is 23.7 Å². The van der Waals surface area contributed by atoms with Gasteiger partial charge in [0.25, 0.3) is 5.91 Å². The molecule has 30 heavy (non-hydrogen) atoms. The molecule has 0 saturated carbocycles. The molecule has 0 spiro atoms. The van der Waals surface area contributed by atoms with Crippen LogP contribution in [0.4, 0.5) is 11.4 Å². The van der Waals surface area contributed by atoms with Crippen molar-refractivity contribution in [2.24, 2.45) is 0 Å². The van der Waals surface area contributed by atoms with Crippen molar-refractivity contribution in [3.63, 3.8) is 0 Å². The van der Waals surface area contributed by atoms with E-state index in [1.165, 1.54) is 0 Å². The molecule has 2 aromatic carbocycles. The molecule has 1 atom stereocenters. The molecule has 0 aromatic heterocycles. The Bertz CT molecular complexity index is 1000. The topological polar surface area (TPSA) is 60.9 Å². The number of piperazine rings is 1. The predicted octanol–water partition coefficient (Wildman–Crippen LogP) is 3.65. The van der Waals surface area contributed by atoms with Gasteiger partial charge in [0, 0.05) is 37.4 Å². The molecule has 0 bridgehead atoms. The number of carbonyl (C=O) groups excluding carboxylic acids is 3. The minimum absolute atomic E-state index is 0.0418. The van der Waals surface area contributed by atoms with Gasteiger partial charge in [-0.1, -0.05) is 29.3 Å². The van der Waals surface area contributed by atoms with Gasteiger partial charge in [-0.05, 0) is 43.3 Å². The predicted molar refractivity (Wildman–Crippen MR) is 118 cm³/mol. The zero-order chi connectivity index (χ0) is 21.4. The van der Waals surface area contributed by atoms with E-state index < -0.39 is 6.04 Å². The van der Waals surface area contributed by atoms with E-state index in [0.29, 0.717) is 29.4 Å². The van der Waals surface area contributed by atoms with Crippen molar-refractivity contribution in [3.05, 3.63) is 58.1 Å². The zero-order valence-electron chi connectivity index (χ0n) is 16.5. The van der Waals surface area contributed by atoms with Crippen molar-refractivity contribution in [1.29, 1.82) is 0 Å². The summed E-state index contributed by atoms with van der Waals surface area (Å²) in [6, 6.07) is 12.0. The molecule has 2 amide bonds. The second-order valence-electron chi connectivity index (χ2n) is 7.49. The third kappa shape index (κ3) is 3.83. The standard InChI is InChI=1S/C22H21Cl2N3O3/c1-14(28)15-5-7-16(8-6-15)25-9-11-26(12-10-25)19-13-20(29)27(22(19)30)18-4-2-3-17(23)21(18)24/h2-8,19H,9-13H2,1H3/t19-/m0/s1. The molecule has 156 valence electrons. The fraction of sp³-hybridized carbons (Fsp3) is 0.318. The van der Waals surface area contributed by atoms with E-state index in [1.807, 2.05) is 24.3 Å². The highest BCUT2D eigenvalue weighted by Crippen LogP contribution is 2.36. The second kappa shape index (κ2) is 8.38. The number of rotatable bonds is 4. The van der Waals surface area contributed by atoms with Gasteiger partial charge in [0.05, 0.1) is 28.2 Å². The van der Waals surface area contributed by atoms with E-state index in [4.69, 9.17) is 23.2 Å². The molecular formula is C22H21Cl2N3O3. The largest absolute Gasteiger partial charge is 0.369 e. The number of nitrogens with zero attached hydrogens (tertiary/aromatic N) is 3. The summed E-state index contributed by atoms with van der Waals surface area (Å²) in [5.74, 6) is -0.486. The van der Waals surface area contributed by atoms with Gasteiger partial charge in [0.2, 0.25) is 5.91 Å². The Kier molecular flexibility index (Phi) is 5.82. The van der Waals surface area contributed by atoms with E-state index in [9.17, 15) is 14.4 Å². The Morgan fingerprint density at radius 1 is 0.967 bits per heavy atom. The lowest BCUT2D eigenvalue weighted by molar-refractivity contribution is -0.123.